The minimum atomic E-state index is -0.312. The van der Waals surface area contributed by atoms with Gasteiger partial charge in [-0.3, -0.25) is 0 Å². The van der Waals surface area contributed by atoms with Crippen LogP contribution in [0.1, 0.15) is 18.9 Å². The minimum absolute atomic E-state index is 0.312. The van der Waals surface area contributed by atoms with Crippen molar-refractivity contribution in [3.05, 3.63) is 41.2 Å². The zero-order chi connectivity index (χ0) is 10.6. The Balaban J connectivity index is 3.12. The van der Waals surface area contributed by atoms with E-state index in [9.17, 15) is 4.39 Å². The van der Waals surface area contributed by atoms with Crippen LogP contribution in [0.15, 0.2) is 29.8 Å². The van der Waals surface area contributed by atoms with E-state index < -0.39 is 0 Å². The van der Waals surface area contributed by atoms with E-state index >= 15 is 0 Å². The summed E-state index contributed by atoms with van der Waals surface area (Å²) in [5, 5.41) is 9.14. The van der Waals surface area contributed by atoms with Crippen LogP contribution in [0.4, 0.5) is 4.39 Å². The number of benzene rings is 1. The number of hydrogen-bond acceptors (Lipinski definition) is 1. The molecule has 0 spiro atoms. The molecule has 1 rings (SSSR count). The average molecular weight is 210 g/mol. The first-order valence-electron chi connectivity index (χ1n) is 4.23. The highest BCUT2D eigenvalue weighted by molar-refractivity contribution is 6.49. The van der Waals surface area contributed by atoms with Crippen LogP contribution in [-0.2, 0) is 0 Å². The molecule has 0 fully saturated rings. The normalized spacial score (nSPS) is 11.9. The summed E-state index contributed by atoms with van der Waals surface area (Å²) >= 11 is 5.96. The number of rotatable bonds is 2. The fraction of sp³-hybridized carbons (Fsp3) is 0.182. The van der Waals surface area contributed by atoms with Crippen molar-refractivity contribution in [1.82, 2.24) is 0 Å². The van der Waals surface area contributed by atoms with Crippen molar-refractivity contribution in [2.75, 3.05) is 0 Å². The second-order valence-electron chi connectivity index (χ2n) is 2.76. The summed E-state index contributed by atoms with van der Waals surface area (Å²) in [5.74, 6) is -0.312. The molecule has 0 amide bonds. The van der Waals surface area contributed by atoms with E-state index in [-0.39, 0.29) is 5.82 Å². The van der Waals surface area contributed by atoms with E-state index in [4.69, 9.17) is 16.9 Å². The smallest absolute Gasteiger partial charge is 0.123 e. The molecule has 0 saturated heterocycles. The molecule has 72 valence electrons. The number of nitriles is 1. The molecular weight excluding hydrogens is 201 g/mol. The van der Waals surface area contributed by atoms with Gasteiger partial charge in [-0.05, 0) is 24.1 Å². The number of hydrogen-bond donors (Lipinski definition) is 0. The molecule has 0 radical (unpaired) electrons. The van der Waals surface area contributed by atoms with E-state index in [1.807, 2.05) is 13.0 Å². The number of nitrogens with zero attached hydrogens (tertiary/aromatic N) is 1. The summed E-state index contributed by atoms with van der Waals surface area (Å²) in [7, 11) is 0. The SMILES string of the molecule is CCC(C#N)=C(Cl)c1ccc(F)cc1. The average Bonchev–Trinajstić information content (AvgIpc) is 2.20. The summed E-state index contributed by atoms with van der Waals surface area (Å²) in [6.45, 7) is 1.85. The maximum absolute atomic E-state index is 12.6. The highest BCUT2D eigenvalue weighted by Crippen LogP contribution is 2.24. The summed E-state index contributed by atoms with van der Waals surface area (Å²) in [4.78, 5) is 0. The standard InChI is InChI=1S/C11H9ClFN/c1-2-8(7-14)11(12)9-3-5-10(13)6-4-9/h3-6H,2H2,1H3. The zero-order valence-corrected chi connectivity index (χ0v) is 8.48. The van der Waals surface area contributed by atoms with Gasteiger partial charge >= 0.3 is 0 Å². The molecular formula is C11H9ClFN. The first kappa shape index (κ1) is 10.7. The van der Waals surface area contributed by atoms with Crippen LogP contribution in [0, 0.1) is 17.1 Å². The maximum atomic E-state index is 12.6. The topological polar surface area (TPSA) is 23.8 Å². The van der Waals surface area contributed by atoms with Crippen LogP contribution in [0.2, 0.25) is 0 Å². The lowest BCUT2D eigenvalue weighted by atomic mass is 10.1. The molecule has 1 aromatic carbocycles. The van der Waals surface area contributed by atoms with Gasteiger partial charge < -0.3 is 0 Å². The zero-order valence-electron chi connectivity index (χ0n) is 7.72. The van der Waals surface area contributed by atoms with Gasteiger partial charge in [-0.25, -0.2) is 4.39 Å². The van der Waals surface area contributed by atoms with Crippen molar-refractivity contribution in [3.8, 4) is 6.07 Å². The van der Waals surface area contributed by atoms with Crippen LogP contribution in [0.25, 0.3) is 5.03 Å². The van der Waals surface area contributed by atoms with E-state index in [1.165, 1.54) is 12.1 Å². The van der Waals surface area contributed by atoms with Crippen LogP contribution in [0.5, 0.6) is 0 Å². The third-order valence-corrected chi connectivity index (χ3v) is 2.30. The first-order chi connectivity index (χ1) is 6.69. The molecule has 14 heavy (non-hydrogen) atoms. The Kier molecular flexibility index (Phi) is 3.67. The van der Waals surface area contributed by atoms with Crippen LogP contribution in [-0.4, -0.2) is 0 Å². The second-order valence-corrected chi connectivity index (χ2v) is 3.14. The van der Waals surface area contributed by atoms with Gasteiger partial charge in [-0.2, -0.15) is 5.26 Å². The molecule has 0 aliphatic heterocycles. The van der Waals surface area contributed by atoms with E-state index in [0.717, 1.165) is 0 Å². The molecule has 0 aliphatic carbocycles. The summed E-state index contributed by atoms with van der Waals surface area (Å²) in [6.07, 6.45) is 0.576. The van der Waals surface area contributed by atoms with E-state index in [1.54, 1.807) is 12.1 Å². The molecule has 0 bridgehead atoms. The second kappa shape index (κ2) is 4.78. The Hall–Kier alpha value is -1.33. The predicted molar refractivity (Wildman–Crippen MR) is 55.1 cm³/mol. The summed E-state index contributed by atoms with van der Waals surface area (Å²) < 4.78 is 12.6. The Morgan fingerprint density at radius 1 is 1.43 bits per heavy atom. The van der Waals surface area contributed by atoms with E-state index in [0.29, 0.717) is 22.6 Å². The van der Waals surface area contributed by atoms with Crippen molar-refractivity contribution in [2.24, 2.45) is 0 Å². The molecule has 1 aromatic rings. The fourth-order valence-electron chi connectivity index (χ4n) is 1.05. The van der Waals surface area contributed by atoms with Gasteiger partial charge in [-0.1, -0.05) is 30.7 Å². The monoisotopic (exact) mass is 209 g/mol. The predicted octanol–water partition coefficient (Wildman–Crippen LogP) is 3.71. The summed E-state index contributed by atoms with van der Waals surface area (Å²) in [6, 6.07) is 7.78. The number of halogens is 2. The molecule has 3 heteroatoms. The van der Waals surface area contributed by atoms with Crippen LogP contribution < -0.4 is 0 Å². The lowest BCUT2D eigenvalue weighted by Crippen LogP contribution is -1.84. The van der Waals surface area contributed by atoms with Gasteiger partial charge in [-0.15, -0.1) is 0 Å². The van der Waals surface area contributed by atoms with Crippen LogP contribution >= 0.6 is 11.6 Å². The maximum Gasteiger partial charge on any atom is 0.123 e. The van der Waals surface area contributed by atoms with Gasteiger partial charge in [0, 0.05) is 5.57 Å². The highest BCUT2D eigenvalue weighted by atomic mass is 35.5. The van der Waals surface area contributed by atoms with Gasteiger partial charge in [0.05, 0.1) is 11.1 Å². The molecule has 0 aliphatic rings. The van der Waals surface area contributed by atoms with Crippen LogP contribution in [0.3, 0.4) is 0 Å². The Bertz CT molecular complexity index is 387. The van der Waals surface area contributed by atoms with Gasteiger partial charge in [0.2, 0.25) is 0 Å². The lowest BCUT2D eigenvalue weighted by molar-refractivity contribution is 0.627. The molecule has 0 saturated carbocycles. The Morgan fingerprint density at radius 2 is 2.00 bits per heavy atom. The van der Waals surface area contributed by atoms with Crippen molar-refractivity contribution in [3.63, 3.8) is 0 Å². The summed E-state index contributed by atoms with van der Waals surface area (Å²) in [5.41, 5.74) is 1.18. The Morgan fingerprint density at radius 3 is 2.43 bits per heavy atom. The van der Waals surface area contributed by atoms with Gasteiger partial charge in [0.1, 0.15) is 5.82 Å². The van der Waals surface area contributed by atoms with Crippen molar-refractivity contribution < 1.29 is 4.39 Å². The number of allylic oxidation sites excluding steroid dienone is 1. The largest absolute Gasteiger partial charge is 0.207 e. The Labute approximate surface area is 87.4 Å². The fourth-order valence-corrected chi connectivity index (χ4v) is 1.36. The third-order valence-electron chi connectivity index (χ3n) is 1.85. The van der Waals surface area contributed by atoms with Crippen molar-refractivity contribution in [1.29, 1.82) is 5.26 Å². The van der Waals surface area contributed by atoms with Crippen molar-refractivity contribution >= 4 is 16.6 Å². The van der Waals surface area contributed by atoms with Gasteiger partial charge in [0.25, 0.3) is 0 Å². The third kappa shape index (κ3) is 2.34. The highest BCUT2D eigenvalue weighted by Gasteiger charge is 2.04. The molecule has 0 N–H and O–H groups in total. The minimum Gasteiger partial charge on any atom is -0.207 e. The molecule has 0 atom stereocenters. The molecule has 0 aromatic heterocycles. The molecule has 0 unspecified atom stereocenters. The van der Waals surface area contributed by atoms with E-state index in [2.05, 4.69) is 0 Å². The first-order valence-corrected chi connectivity index (χ1v) is 4.61. The molecule has 0 heterocycles. The quantitative estimate of drug-likeness (QED) is 0.682. The lowest BCUT2D eigenvalue weighted by Gasteiger charge is -2.01. The molecule has 1 nitrogen and oxygen atoms in total. The van der Waals surface area contributed by atoms with Crippen molar-refractivity contribution in [2.45, 2.75) is 13.3 Å². The van der Waals surface area contributed by atoms with Gasteiger partial charge in [0.15, 0.2) is 0 Å².